The molecule has 0 spiro atoms. The van der Waals surface area contributed by atoms with Gasteiger partial charge in [0.05, 0.1) is 13.7 Å². The number of carbonyl (C=O) groups is 2. The lowest BCUT2D eigenvalue weighted by Gasteiger charge is -2.32. The van der Waals surface area contributed by atoms with Gasteiger partial charge < -0.3 is 23.8 Å². The van der Waals surface area contributed by atoms with Crippen LogP contribution < -0.4 is 14.2 Å². The number of esters is 1. The number of rotatable bonds is 10. The molecule has 1 fully saturated rings. The van der Waals surface area contributed by atoms with E-state index in [2.05, 4.69) is 0 Å². The van der Waals surface area contributed by atoms with E-state index in [4.69, 9.17) is 18.9 Å². The van der Waals surface area contributed by atoms with E-state index in [0.717, 1.165) is 24.2 Å². The number of methoxy groups -OCH3 is 1. The fourth-order valence-corrected chi connectivity index (χ4v) is 3.68. The minimum Gasteiger partial charge on any atom is -0.490 e. The van der Waals surface area contributed by atoms with Crippen molar-refractivity contribution in [3.05, 3.63) is 60.2 Å². The van der Waals surface area contributed by atoms with Crippen LogP contribution in [0.4, 0.5) is 0 Å². The zero-order valence-corrected chi connectivity index (χ0v) is 19.2. The summed E-state index contributed by atoms with van der Waals surface area (Å²) < 4.78 is 22.1. The first-order chi connectivity index (χ1) is 16.1. The van der Waals surface area contributed by atoms with Gasteiger partial charge in [0.25, 0.3) is 0 Å². The first-order valence-electron chi connectivity index (χ1n) is 11.3. The van der Waals surface area contributed by atoms with Gasteiger partial charge in [-0.3, -0.25) is 4.79 Å². The summed E-state index contributed by atoms with van der Waals surface area (Å²) in [6, 6.07) is 14.5. The third kappa shape index (κ3) is 7.00. The van der Waals surface area contributed by atoms with Gasteiger partial charge in [-0.25, -0.2) is 4.79 Å². The molecule has 1 amide bonds. The van der Waals surface area contributed by atoms with Gasteiger partial charge in [-0.15, -0.1) is 0 Å². The van der Waals surface area contributed by atoms with Gasteiger partial charge in [0.15, 0.2) is 11.5 Å². The Morgan fingerprint density at radius 3 is 2.55 bits per heavy atom. The molecule has 0 aliphatic carbocycles. The van der Waals surface area contributed by atoms with Gasteiger partial charge >= 0.3 is 5.97 Å². The number of hydrogen-bond acceptors (Lipinski definition) is 6. The van der Waals surface area contributed by atoms with Crippen molar-refractivity contribution in [3.63, 3.8) is 0 Å². The first-order valence-corrected chi connectivity index (χ1v) is 11.3. The number of para-hydroxylation sites is 1. The maximum absolute atomic E-state index is 12.7. The lowest BCUT2D eigenvalue weighted by molar-refractivity contribution is -0.153. The van der Waals surface area contributed by atoms with Crippen molar-refractivity contribution in [1.82, 2.24) is 4.90 Å². The second-order valence-electron chi connectivity index (χ2n) is 7.55. The van der Waals surface area contributed by atoms with Gasteiger partial charge in [0.1, 0.15) is 25.0 Å². The molecule has 0 saturated carbocycles. The normalized spacial score (nSPS) is 15.8. The molecule has 1 saturated heterocycles. The van der Waals surface area contributed by atoms with E-state index in [0.29, 0.717) is 44.3 Å². The Hall–Kier alpha value is -3.48. The van der Waals surface area contributed by atoms with E-state index in [9.17, 15) is 9.59 Å². The predicted molar refractivity (Wildman–Crippen MR) is 125 cm³/mol. The molecule has 1 atom stereocenters. The van der Waals surface area contributed by atoms with Crippen molar-refractivity contribution in [1.29, 1.82) is 0 Å². The van der Waals surface area contributed by atoms with Crippen LogP contribution in [0, 0.1) is 0 Å². The van der Waals surface area contributed by atoms with Crippen LogP contribution in [0.1, 0.15) is 31.7 Å². The van der Waals surface area contributed by atoms with Crippen LogP contribution in [0.25, 0.3) is 6.08 Å². The molecule has 1 aliphatic heterocycles. The molecular weight excluding hydrogens is 422 g/mol. The highest BCUT2D eigenvalue weighted by Gasteiger charge is 2.31. The number of ether oxygens (including phenoxy) is 4. The fourth-order valence-electron chi connectivity index (χ4n) is 3.68. The summed E-state index contributed by atoms with van der Waals surface area (Å²) in [6.45, 7) is 3.70. The summed E-state index contributed by atoms with van der Waals surface area (Å²) in [4.78, 5) is 26.3. The number of amides is 1. The smallest absolute Gasteiger partial charge is 0.328 e. The molecule has 1 aliphatic rings. The Kier molecular flexibility index (Phi) is 9.18. The standard InChI is InChI=1S/C26H31NO6/c1-3-31-24-19-20(12-14-23(24)33-18-17-32-21-9-5-4-6-10-21)13-15-25(28)27-16-8-7-11-22(27)26(29)30-2/h4-6,9-10,12-15,19,22H,3,7-8,11,16-18H2,1-2H3. The average molecular weight is 454 g/mol. The summed E-state index contributed by atoms with van der Waals surface area (Å²) in [7, 11) is 1.35. The zero-order chi connectivity index (χ0) is 23.5. The van der Waals surface area contributed by atoms with Crippen molar-refractivity contribution in [2.24, 2.45) is 0 Å². The van der Waals surface area contributed by atoms with Crippen LogP contribution in [0.15, 0.2) is 54.6 Å². The highest BCUT2D eigenvalue weighted by molar-refractivity contribution is 5.94. The zero-order valence-electron chi connectivity index (χ0n) is 19.2. The minimum absolute atomic E-state index is 0.207. The second kappa shape index (κ2) is 12.5. The lowest BCUT2D eigenvalue weighted by Crippen LogP contribution is -2.47. The third-order valence-electron chi connectivity index (χ3n) is 5.30. The molecule has 2 aromatic carbocycles. The lowest BCUT2D eigenvalue weighted by atomic mass is 10.0. The fraction of sp³-hybridized carbons (Fsp3) is 0.385. The summed E-state index contributed by atoms with van der Waals surface area (Å²) in [5, 5.41) is 0. The maximum Gasteiger partial charge on any atom is 0.328 e. The van der Waals surface area contributed by atoms with Crippen LogP contribution in [0.2, 0.25) is 0 Å². The molecule has 7 heteroatoms. The van der Waals surface area contributed by atoms with Crippen molar-refractivity contribution < 1.29 is 28.5 Å². The van der Waals surface area contributed by atoms with Crippen molar-refractivity contribution >= 4 is 18.0 Å². The van der Waals surface area contributed by atoms with Gasteiger partial charge in [-0.1, -0.05) is 24.3 Å². The van der Waals surface area contributed by atoms with E-state index < -0.39 is 6.04 Å². The average Bonchev–Trinajstić information content (AvgIpc) is 2.86. The molecule has 0 N–H and O–H groups in total. The molecule has 0 aromatic heterocycles. The monoisotopic (exact) mass is 453 g/mol. The first kappa shape index (κ1) is 24.2. The highest BCUT2D eigenvalue weighted by Crippen LogP contribution is 2.29. The quantitative estimate of drug-likeness (QED) is 0.306. The molecule has 0 bridgehead atoms. The van der Waals surface area contributed by atoms with Crippen LogP contribution in [0.3, 0.4) is 0 Å². The Labute approximate surface area is 194 Å². The minimum atomic E-state index is -0.520. The van der Waals surface area contributed by atoms with E-state index in [-0.39, 0.29) is 11.9 Å². The van der Waals surface area contributed by atoms with Gasteiger partial charge in [-0.2, -0.15) is 0 Å². The number of likely N-dealkylation sites (tertiary alicyclic amines) is 1. The van der Waals surface area contributed by atoms with E-state index in [1.807, 2.05) is 55.5 Å². The SMILES string of the molecule is CCOc1cc(C=CC(=O)N2CCCCC2C(=O)OC)ccc1OCCOc1ccccc1. The molecule has 2 aromatic rings. The summed E-state index contributed by atoms with van der Waals surface area (Å²) in [5.41, 5.74) is 0.798. The van der Waals surface area contributed by atoms with Crippen LogP contribution in [0.5, 0.6) is 17.2 Å². The molecule has 0 radical (unpaired) electrons. The highest BCUT2D eigenvalue weighted by atomic mass is 16.5. The summed E-state index contributed by atoms with van der Waals surface area (Å²) in [5.74, 6) is 1.42. The Balaban J connectivity index is 1.61. The third-order valence-corrected chi connectivity index (χ3v) is 5.30. The van der Waals surface area contributed by atoms with Crippen LogP contribution in [-0.2, 0) is 14.3 Å². The van der Waals surface area contributed by atoms with E-state index in [1.165, 1.54) is 13.2 Å². The van der Waals surface area contributed by atoms with Gasteiger partial charge in [-0.05, 0) is 62.1 Å². The maximum atomic E-state index is 12.7. The second-order valence-corrected chi connectivity index (χ2v) is 7.55. The molecule has 1 heterocycles. The van der Waals surface area contributed by atoms with Gasteiger partial charge in [0.2, 0.25) is 5.91 Å². The van der Waals surface area contributed by atoms with Crippen molar-refractivity contribution in [2.45, 2.75) is 32.2 Å². The number of benzene rings is 2. The predicted octanol–water partition coefficient (Wildman–Crippen LogP) is 4.11. The number of piperidine rings is 1. The Bertz CT molecular complexity index is 943. The van der Waals surface area contributed by atoms with Crippen LogP contribution in [-0.4, -0.2) is 56.3 Å². The largest absolute Gasteiger partial charge is 0.490 e. The molecule has 33 heavy (non-hydrogen) atoms. The van der Waals surface area contributed by atoms with Crippen molar-refractivity contribution in [2.75, 3.05) is 33.5 Å². The van der Waals surface area contributed by atoms with Gasteiger partial charge in [0, 0.05) is 12.6 Å². The summed E-state index contributed by atoms with van der Waals surface area (Å²) in [6.07, 6.45) is 5.61. The number of hydrogen-bond donors (Lipinski definition) is 0. The van der Waals surface area contributed by atoms with E-state index in [1.54, 1.807) is 11.0 Å². The number of carbonyl (C=O) groups excluding carboxylic acids is 2. The topological polar surface area (TPSA) is 74.3 Å². The molecule has 176 valence electrons. The Morgan fingerprint density at radius 2 is 1.79 bits per heavy atom. The Morgan fingerprint density at radius 1 is 1.00 bits per heavy atom. The van der Waals surface area contributed by atoms with Crippen LogP contribution >= 0.6 is 0 Å². The van der Waals surface area contributed by atoms with Crippen molar-refractivity contribution in [3.8, 4) is 17.2 Å². The summed E-state index contributed by atoms with van der Waals surface area (Å²) >= 11 is 0. The van der Waals surface area contributed by atoms with E-state index >= 15 is 0 Å². The molecule has 3 rings (SSSR count). The molecule has 7 nitrogen and oxygen atoms in total. The molecular formula is C26H31NO6. The molecule has 1 unspecified atom stereocenters. The number of nitrogens with zero attached hydrogens (tertiary/aromatic N) is 1.